The fraction of sp³-hybridized carbons (Fsp3) is 0.583. The van der Waals surface area contributed by atoms with Crippen molar-refractivity contribution in [3.05, 3.63) is 11.3 Å². The van der Waals surface area contributed by atoms with E-state index >= 15 is 0 Å². The number of rotatable bonds is 1. The number of piperidine rings is 1. The minimum atomic E-state index is -0.956. The fourth-order valence-electron chi connectivity index (χ4n) is 2.59. The van der Waals surface area contributed by atoms with Gasteiger partial charge in [0.05, 0.1) is 17.8 Å². The molecule has 3 heterocycles. The molecule has 0 radical (unpaired) electrons. The molecule has 0 aliphatic carbocycles. The van der Waals surface area contributed by atoms with Crippen LogP contribution in [0, 0.1) is 0 Å². The van der Waals surface area contributed by atoms with Gasteiger partial charge in [0.2, 0.25) is 11.8 Å². The van der Waals surface area contributed by atoms with Crippen molar-refractivity contribution >= 4 is 17.9 Å². The topological polar surface area (TPSA) is 86.9 Å². The number of carbonyl (C=O) groups excluding carboxylic acids is 1. The minimum Gasteiger partial charge on any atom is -0.465 e. The molecule has 1 aromatic heterocycles. The van der Waals surface area contributed by atoms with Crippen LogP contribution in [0.3, 0.4) is 0 Å². The zero-order chi connectivity index (χ0) is 13.4. The van der Waals surface area contributed by atoms with Crippen LogP contribution < -0.4 is 4.90 Å². The molecule has 3 rings (SSSR count). The highest BCUT2D eigenvalue weighted by atomic mass is 16.5. The second kappa shape index (κ2) is 4.56. The molecule has 1 N–H and O–H groups in total. The standard InChI is InChI=1S/C12H15N3O4/c16-10-3-1-2-5-15(10)11-8-7-14(12(17)18)6-4-9(8)13-19-11/h1-7H2,(H,17,18). The van der Waals surface area contributed by atoms with E-state index in [2.05, 4.69) is 5.16 Å². The normalized spacial score (nSPS) is 19.5. The van der Waals surface area contributed by atoms with E-state index in [4.69, 9.17) is 9.63 Å². The molecule has 7 nitrogen and oxygen atoms in total. The molecule has 0 unspecified atom stereocenters. The smallest absolute Gasteiger partial charge is 0.407 e. The number of fused-ring (bicyclic) bond motifs is 1. The molecule has 0 aromatic carbocycles. The van der Waals surface area contributed by atoms with Gasteiger partial charge in [0.1, 0.15) is 0 Å². The van der Waals surface area contributed by atoms with Gasteiger partial charge >= 0.3 is 6.09 Å². The van der Waals surface area contributed by atoms with Gasteiger partial charge in [0.25, 0.3) is 0 Å². The Bertz CT molecular complexity index is 525. The lowest BCUT2D eigenvalue weighted by molar-refractivity contribution is -0.119. The van der Waals surface area contributed by atoms with Crippen molar-refractivity contribution in [2.45, 2.75) is 32.2 Å². The SMILES string of the molecule is O=C(O)N1CCc2noc(N3CCCCC3=O)c2C1. The largest absolute Gasteiger partial charge is 0.465 e. The zero-order valence-electron chi connectivity index (χ0n) is 10.5. The van der Waals surface area contributed by atoms with Crippen molar-refractivity contribution in [3.63, 3.8) is 0 Å². The summed E-state index contributed by atoms with van der Waals surface area (Å²) in [4.78, 5) is 25.8. The van der Waals surface area contributed by atoms with Crippen molar-refractivity contribution in [3.8, 4) is 0 Å². The molecule has 1 saturated heterocycles. The lowest BCUT2D eigenvalue weighted by Crippen LogP contribution is -2.38. The molecule has 0 bridgehead atoms. The number of amides is 2. The first-order valence-electron chi connectivity index (χ1n) is 6.42. The van der Waals surface area contributed by atoms with Crippen LogP contribution in [-0.4, -0.2) is 40.3 Å². The maximum atomic E-state index is 11.9. The summed E-state index contributed by atoms with van der Waals surface area (Å²) in [6.07, 6.45) is 1.92. The minimum absolute atomic E-state index is 0.0256. The number of nitrogens with zero attached hydrogens (tertiary/aromatic N) is 3. The summed E-state index contributed by atoms with van der Waals surface area (Å²) in [5.41, 5.74) is 1.51. The molecule has 2 aliphatic rings. The summed E-state index contributed by atoms with van der Waals surface area (Å²) in [5, 5.41) is 13.0. The first-order valence-corrected chi connectivity index (χ1v) is 6.42. The maximum absolute atomic E-state index is 11.9. The van der Waals surface area contributed by atoms with Gasteiger partial charge in [-0.1, -0.05) is 5.16 Å². The average Bonchev–Trinajstić information content (AvgIpc) is 2.82. The number of anilines is 1. The van der Waals surface area contributed by atoms with Crippen LogP contribution in [0.1, 0.15) is 30.5 Å². The summed E-state index contributed by atoms with van der Waals surface area (Å²) < 4.78 is 5.29. The van der Waals surface area contributed by atoms with Crippen molar-refractivity contribution in [2.75, 3.05) is 18.0 Å². The van der Waals surface area contributed by atoms with Crippen LogP contribution in [0.4, 0.5) is 10.7 Å². The number of hydrogen-bond donors (Lipinski definition) is 1. The van der Waals surface area contributed by atoms with Gasteiger partial charge in [0, 0.05) is 25.9 Å². The van der Waals surface area contributed by atoms with Crippen molar-refractivity contribution in [1.29, 1.82) is 0 Å². The van der Waals surface area contributed by atoms with Crippen LogP contribution in [0.2, 0.25) is 0 Å². The number of hydrogen-bond acceptors (Lipinski definition) is 4. The first-order chi connectivity index (χ1) is 9.16. The van der Waals surface area contributed by atoms with E-state index in [1.165, 1.54) is 4.90 Å². The number of aromatic nitrogens is 1. The van der Waals surface area contributed by atoms with E-state index in [9.17, 15) is 9.59 Å². The van der Waals surface area contributed by atoms with Gasteiger partial charge in [-0.15, -0.1) is 0 Å². The summed E-state index contributed by atoms with van der Waals surface area (Å²) in [6.45, 7) is 1.28. The van der Waals surface area contributed by atoms with Gasteiger partial charge < -0.3 is 14.5 Å². The Kier molecular flexibility index (Phi) is 2.88. The summed E-state index contributed by atoms with van der Waals surface area (Å²) >= 11 is 0. The molecular weight excluding hydrogens is 250 g/mol. The Balaban J connectivity index is 1.90. The van der Waals surface area contributed by atoms with E-state index in [1.807, 2.05) is 0 Å². The lowest BCUT2D eigenvalue weighted by atomic mass is 10.1. The summed E-state index contributed by atoms with van der Waals surface area (Å²) in [7, 11) is 0. The third-order valence-corrected chi connectivity index (χ3v) is 3.66. The average molecular weight is 265 g/mol. The predicted molar refractivity (Wildman–Crippen MR) is 64.8 cm³/mol. The zero-order valence-corrected chi connectivity index (χ0v) is 10.5. The highest BCUT2D eigenvalue weighted by Crippen LogP contribution is 2.31. The van der Waals surface area contributed by atoms with Crippen molar-refractivity contribution in [1.82, 2.24) is 10.1 Å². The molecule has 1 fully saturated rings. The van der Waals surface area contributed by atoms with E-state index in [1.54, 1.807) is 4.90 Å². The Morgan fingerprint density at radius 3 is 2.84 bits per heavy atom. The molecule has 0 spiro atoms. The molecule has 0 saturated carbocycles. The highest BCUT2D eigenvalue weighted by molar-refractivity contribution is 5.93. The van der Waals surface area contributed by atoms with E-state index < -0.39 is 6.09 Å². The summed E-state index contributed by atoms with van der Waals surface area (Å²) in [6, 6.07) is 0. The molecule has 2 amide bonds. The van der Waals surface area contributed by atoms with Crippen LogP contribution in [-0.2, 0) is 17.8 Å². The van der Waals surface area contributed by atoms with Gasteiger partial charge in [0.15, 0.2) is 0 Å². The lowest BCUT2D eigenvalue weighted by Gasteiger charge is -2.27. The first kappa shape index (κ1) is 12.0. The van der Waals surface area contributed by atoms with E-state index in [0.717, 1.165) is 24.1 Å². The molecular formula is C12H15N3O4. The van der Waals surface area contributed by atoms with Gasteiger partial charge in [-0.05, 0) is 12.8 Å². The number of carboxylic acid groups (broad SMARTS) is 1. The van der Waals surface area contributed by atoms with Crippen molar-refractivity contribution < 1.29 is 19.2 Å². The Labute approximate surface area is 109 Å². The Morgan fingerprint density at radius 1 is 1.26 bits per heavy atom. The van der Waals surface area contributed by atoms with Gasteiger partial charge in [-0.2, -0.15) is 0 Å². The van der Waals surface area contributed by atoms with Crippen LogP contribution >= 0.6 is 0 Å². The second-order valence-electron chi connectivity index (χ2n) is 4.87. The highest BCUT2D eigenvalue weighted by Gasteiger charge is 2.32. The molecule has 0 atom stereocenters. The second-order valence-corrected chi connectivity index (χ2v) is 4.87. The van der Waals surface area contributed by atoms with E-state index in [-0.39, 0.29) is 12.5 Å². The molecule has 7 heteroatoms. The van der Waals surface area contributed by atoms with Gasteiger partial charge in [-0.3, -0.25) is 9.69 Å². The molecule has 1 aromatic rings. The third-order valence-electron chi connectivity index (χ3n) is 3.66. The third kappa shape index (κ3) is 2.05. The number of carbonyl (C=O) groups is 2. The van der Waals surface area contributed by atoms with Crippen LogP contribution in [0.25, 0.3) is 0 Å². The van der Waals surface area contributed by atoms with E-state index in [0.29, 0.717) is 31.8 Å². The Hall–Kier alpha value is -2.05. The maximum Gasteiger partial charge on any atom is 0.407 e. The quantitative estimate of drug-likeness (QED) is 0.825. The molecule has 2 aliphatic heterocycles. The molecule has 102 valence electrons. The Morgan fingerprint density at radius 2 is 2.11 bits per heavy atom. The monoisotopic (exact) mass is 265 g/mol. The van der Waals surface area contributed by atoms with Crippen LogP contribution in [0.5, 0.6) is 0 Å². The fourth-order valence-corrected chi connectivity index (χ4v) is 2.59. The predicted octanol–water partition coefficient (Wildman–Crippen LogP) is 1.23. The summed E-state index contributed by atoms with van der Waals surface area (Å²) in [5.74, 6) is 0.461. The van der Waals surface area contributed by atoms with Crippen molar-refractivity contribution in [2.24, 2.45) is 0 Å². The van der Waals surface area contributed by atoms with Crippen LogP contribution in [0.15, 0.2) is 4.52 Å². The molecule has 19 heavy (non-hydrogen) atoms. The van der Waals surface area contributed by atoms with Gasteiger partial charge in [-0.25, -0.2) is 4.79 Å².